The molecule has 0 radical (unpaired) electrons. The summed E-state index contributed by atoms with van der Waals surface area (Å²) in [5, 5.41) is 4.47. The molecule has 1 aliphatic rings. The number of sulfone groups is 1. The van der Waals surface area contributed by atoms with Gasteiger partial charge in [0, 0.05) is 30.5 Å². The molecule has 24 heavy (non-hydrogen) atoms. The Kier molecular flexibility index (Phi) is 3.84. The number of hydrogen-bond acceptors (Lipinski definition) is 4. The molecule has 1 aromatic heterocycles. The molecule has 1 N–H and O–H groups in total. The SMILES string of the molecule is O=S(=O)(c1cc(Cl)c2oc3c(c2c1)CNCC3)c1ccccc1Cl. The minimum absolute atomic E-state index is 0.0672. The first kappa shape index (κ1) is 16.0. The quantitative estimate of drug-likeness (QED) is 0.721. The van der Waals surface area contributed by atoms with Crippen molar-refractivity contribution in [2.75, 3.05) is 6.54 Å². The molecular formula is C17H13Cl2NO3S. The summed E-state index contributed by atoms with van der Waals surface area (Å²) in [6.07, 6.45) is 0.757. The molecule has 0 saturated heterocycles. The Labute approximate surface area is 149 Å². The highest BCUT2D eigenvalue weighted by Crippen LogP contribution is 2.37. The lowest BCUT2D eigenvalue weighted by molar-refractivity contribution is 0.500. The largest absolute Gasteiger partial charge is 0.459 e. The van der Waals surface area contributed by atoms with E-state index in [0.717, 1.165) is 29.7 Å². The standard InChI is InChI=1S/C17H13Cl2NO3S/c18-13-3-1-2-4-16(13)24(21,22)10-7-11-12-9-20-6-5-15(12)23-17(11)14(19)8-10/h1-4,7-8,20H,5-6,9H2. The Morgan fingerprint density at radius 3 is 2.67 bits per heavy atom. The molecule has 0 bridgehead atoms. The van der Waals surface area contributed by atoms with Crippen molar-refractivity contribution in [1.29, 1.82) is 0 Å². The maximum absolute atomic E-state index is 13.0. The minimum Gasteiger partial charge on any atom is -0.459 e. The fraction of sp³-hybridized carbons (Fsp3) is 0.176. The van der Waals surface area contributed by atoms with Crippen LogP contribution in [0, 0.1) is 0 Å². The van der Waals surface area contributed by atoms with Crippen LogP contribution in [-0.4, -0.2) is 15.0 Å². The number of hydrogen-bond donors (Lipinski definition) is 1. The Balaban J connectivity index is 1.96. The summed E-state index contributed by atoms with van der Waals surface area (Å²) < 4.78 is 31.7. The second kappa shape index (κ2) is 5.77. The minimum atomic E-state index is -3.77. The predicted octanol–water partition coefficient (Wildman–Crippen LogP) is 4.22. The molecule has 4 nitrogen and oxygen atoms in total. The average Bonchev–Trinajstić information content (AvgIpc) is 2.94. The van der Waals surface area contributed by atoms with Crippen LogP contribution in [0.4, 0.5) is 0 Å². The normalized spacial score (nSPS) is 14.8. The first-order valence-corrected chi connectivity index (χ1v) is 9.66. The van der Waals surface area contributed by atoms with Gasteiger partial charge in [-0.2, -0.15) is 0 Å². The molecular weight excluding hydrogens is 369 g/mol. The van der Waals surface area contributed by atoms with Crippen molar-refractivity contribution in [3.63, 3.8) is 0 Å². The van der Waals surface area contributed by atoms with Crippen molar-refractivity contribution in [2.24, 2.45) is 0 Å². The second-order valence-electron chi connectivity index (χ2n) is 5.65. The molecule has 1 aliphatic heterocycles. The topological polar surface area (TPSA) is 59.3 Å². The van der Waals surface area contributed by atoms with Crippen LogP contribution in [0.3, 0.4) is 0 Å². The highest BCUT2D eigenvalue weighted by atomic mass is 35.5. The summed E-state index contributed by atoms with van der Waals surface area (Å²) in [5.41, 5.74) is 1.50. The van der Waals surface area contributed by atoms with E-state index in [-0.39, 0.29) is 19.8 Å². The maximum Gasteiger partial charge on any atom is 0.208 e. The van der Waals surface area contributed by atoms with Crippen molar-refractivity contribution in [3.8, 4) is 0 Å². The number of furan rings is 1. The molecule has 0 spiro atoms. The lowest BCUT2D eigenvalue weighted by Gasteiger charge is -2.11. The lowest BCUT2D eigenvalue weighted by Crippen LogP contribution is -2.22. The van der Waals surface area contributed by atoms with Crippen LogP contribution in [0.25, 0.3) is 11.0 Å². The van der Waals surface area contributed by atoms with E-state index in [9.17, 15) is 8.42 Å². The summed E-state index contributed by atoms with van der Waals surface area (Å²) in [7, 11) is -3.77. The van der Waals surface area contributed by atoms with Crippen molar-refractivity contribution in [2.45, 2.75) is 22.8 Å². The van der Waals surface area contributed by atoms with Crippen LogP contribution < -0.4 is 5.32 Å². The van der Waals surface area contributed by atoms with Crippen LogP contribution in [-0.2, 0) is 22.8 Å². The Bertz CT molecular complexity index is 1060. The number of fused-ring (bicyclic) bond motifs is 3. The molecule has 0 atom stereocenters. The zero-order valence-corrected chi connectivity index (χ0v) is 14.8. The lowest BCUT2D eigenvalue weighted by atomic mass is 10.1. The molecule has 3 aromatic rings. The van der Waals surface area contributed by atoms with Crippen LogP contribution in [0.5, 0.6) is 0 Å². The van der Waals surface area contributed by atoms with Gasteiger partial charge in [-0.05, 0) is 24.3 Å². The number of rotatable bonds is 2. The van der Waals surface area contributed by atoms with Crippen LogP contribution in [0.1, 0.15) is 11.3 Å². The zero-order valence-electron chi connectivity index (χ0n) is 12.5. The molecule has 0 aliphatic carbocycles. The van der Waals surface area contributed by atoms with Crippen LogP contribution >= 0.6 is 23.2 Å². The molecule has 0 fully saturated rings. The van der Waals surface area contributed by atoms with Gasteiger partial charge in [-0.1, -0.05) is 35.3 Å². The maximum atomic E-state index is 13.0. The third-order valence-electron chi connectivity index (χ3n) is 4.17. The number of halogens is 2. The van der Waals surface area contributed by atoms with Crippen molar-refractivity contribution in [3.05, 3.63) is 57.8 Å². The average molecular weight is 382 g/mol. The zero-order chi connectivity index (χ0) is 16.9. The van der Waals surface area contributed by atoms with Crippen LogP contribution in [0.15, 0.2) is 50.6 Å². The third kappa shape index (κ3) is 2.43. The molecule has 0 saturated carbocycles. The van der Waals surface area contributed by atoms with E-state index in [1.54, 1.807) is 24.3 Å². The fourth-order valence-corrected chi connectivity index (χ4v) is 5.13. The van der Waals surface area contributed by atoms with Gasteiger partial charge < -0.3 is 9.73 Å². The summed E-state index contributed by atoms with van der Waals surface area (Å²) in [5.74, 6) is 0.859. The Hall–Kier alpha value is -1.53. The van der Waals surface area contributed by atoms with E-state index in [1.165, 1.54) is 12.1 Å². The summed E-state index contributed by atoms with van der Waals surface area (Å²) in [6.45, 7) is 1.46. The van der Waals surface area contributed by atoms with E-state index < -0.39 is 9.84 Å². The van der Waals surface area contributed by atoms with E-state index in [1.807, 2.05) is 0 Å². The highest BCUT2D eigenvalue weighted by molar-refractivity contribution is 7.91. The van der Waals surface area contributed by atoms with Crippen molar-refractivity contribution >= 4 is 44.0 Å². The van der Waals surface area contributed by atoms with Crippen molar-refractivity contribution < 1.29 is 12.8 Å². The summed E-state index contributed by atoms with van der Waals surface area (Å²) in [4.78, 5) is 0.180. The first-order valence-electron chi connectivity index (χ1n) is 7.42. The van der Waals surface area contributed by atoms with E-state index >= 15 is 0 Å². The van der Waals surface area contributed by atoms with E-state index in [2.05, 4.69) is 5.32 Å². The highest BCUT2D eigenvalue weighted by Gasteiger charge is 2.25. The van der Waals surface area contributed by atoms with E-state index in [0.29, 0.717) is 12.1 Å². The van der Waals surface area contributed by atoms with E-state index in [4.69, 9.17) is 27.6 Å². The third-order valence-corrected chi connectivity index (χ3v) is 6.68. The number of benzene rings is 2. The van der Waals surface area contributed by atoms with Gasteiger partial charge in [-0.3, -0.25) is 0 Å². The van der Waals surface area contributed by atoms with Crippen LogP contribution in [0.2, 0.25) is 10.0 Å². The molecule has 2 aromatic carbocycles. The van der Waals surface area contributed by atoms with Gasteiger partial charge in [-0.15, -0.1) is 0 Å². The second-order valence-corrected chi connectivity index (χ2v) is 8.38. The first-order chi connectivity index (χ1) is 11.5. The van der Waals surface area contributed by atoms with Gasteiger partial charge in [0.2, 0.25) is 9.84 Å². The van der Waals surface area contributed by atoms with Gasteiger partial charge >= 0.3 is 0 Å². The van der Waals surface area contributed by atoms with Gasteiger partial charge in [0.25, 0.3) is 0 Å². The fourth-order valence-electron chi connectivity index (χ4n) is 2.99. The predicted molar refractivity (Wildman–Crippen MR) is 93.5 cm³/mol. The molecule has 0 amide bonds. The summed E-state index contributed by atoms with van der Waals surface area (Å²) in [6, 6.07) is 9.42. The Morgan fingerprint density at radius 2 is 1.88 bits per heavy atom. The molecule has 2 heterocycles. The molecule has 7 heteroatoms. The monoisotopic (exact) mass is 381 g/mol. The Morgan fingerprint density at radius 1 is 1.08 bits per heavy atom. The number of nitrogens with one attached hydrogen (secondary N) is 1. The van der Waals surface area contributed by atoms with Gasteiger partial charge in [0.05, 0.1) is 19.8 Å². The van der Waals surface area contributed by atoms with Gasteiger partial charge in [0.15, 0.2) is 5.58 Å². The van der Waals surface area contributed by atoms with Crippen molar-refractivity contribution in [1.82, 2.24) is 5.32 Å². The summed E-state index contributed by atoms with van der Waals surface area (Å²) >= 11 is 12.4. The van der Waals surface area contributed by atoms with Gasteiger partial charge in [0.1, 0.15) is 5.76 Å². The molecule has 124 valence electrons. The smallest absolute Gasteiger partial charge is 0.208 e. The molecule has 0 unspecified atom stereocenters. The molecule has 4 rings (SSSR count). The van der Waals surface area contributed by atoms with Gasteiger partial charge in [-0.25, -0.2) is 8.42 Å².